The summed E-state index contributed by atoms with van der Waals surface area (Å²) in [7, 11) is 0. The lowest BCUT2D eigenvalue weighted by Gasteiger charge is -2.34. The normalized spacial score (nSPS) is 18.3. The molecule has 2 fully saturated rings. The molecule has 32 heavy (non-hydrogen) atoms. The molecule has 0 atom stereocenters. The van der Waals surface area contributed by atoms with Gasteiger partial charge in [-0.15, -0.1) is 0 Å². The number of nitrogens with one attached hydrogen (secondary N) is 2. The van der Waals surface area contributed by atoms with E-state index < -0.39 is 0 Å². The van der Waals surface area contributed by atoms with Crippen LogP contribution in [0.1, 0.15) is 51.9 Å². The lowest BCUT2D eigenvalue weighted by atomic mass is 10.1. The number of hydrogen-bond acceptors (Lipinski definition) is 6. The van der Waals surface area contributed by atoms with Crippen LogP contribution in [0, 0.1) is 0 Å². The van der Waals surface area contributed by atoms with Gasteiger partial charge in [0.15, 0.2) is 5.96 Å². The number of nitrogens with zero attached hydrogens (tertiary/aromatic N) is 5. The maximum absolute atomic E-state index is 12.6. The van der Waals surface area contributed by atoms with Crippen molar-refractivity contribution < 1.29 is 9.53 Å². The molecule has 3 rings (SSSR count). The monoisotopic (exact) mass is 445 g/mol. The summed E-state index contributed by atoms with van der Waals surface area (Å²) in [6, 6.07) is 1.81. The lowest BCUT2D eigenvalue weighted by molar-refractivity contribution is -0.131. The summed E-state index contributed by atoms with van der Waals surface area (Å²) in [5.74, 6) is 1.64. The SMILES string of the molecule is CCNC(=NCCOC1CCCCCC1)NCCC(=O)N1CCN(c2ncccn2)CC1. The molecule has 1 saturated heterocycles. The zero-order chi connectivity index (χ0) is 22.4. The fourth-order valence-electron chi connectivity index (χ4n) is 4.18. The predicted octanol–water partition coefficient (Wildman–Crippen LogP) is 1.81. The van der Waals surface area contributed by atoms with Crippen LogP contribution in [0.2, 0.25) is 0 Å². The fraction of sp³-hybridized carbons (Fsp3) is 0.739. The van der Waals surface area contributed by atoms with Crippen molar-refractivity contribution in [3.8, 4) is 0 Å². The van der Waals surface area contributed by atoms with Gasteiger partial charge in [0, 0.05) is 58.1 Å². The molecule has 1 amide bonds. The Morgan fingerprint density at radius 2 is 1.81 bits per heavy atom. The third-order valence-electron chi connectivity index (χ3n) is 5.96. The predicted molar refractivity (Wildman–Crippen MR) is 127 cm³/mol. The van der Waals surface area contributed by atoms with Gasteiger partial charge in [0.05, 0.1) is 19.3 Å². The highest BCUT2D eigenvalue weighted by molar-refractivity contribution is 5.81. The van der Waals surface area contributed by atoms with Crippen molar-refractivity contribution >= 4 is 17.8 Å². The van der Waals surface area contributed by atoms with E-state index in [1.165, 1.54) is 38.5 Å². The molecule has 1 aliphatic carbocycles. The molecule has 9 heteroatoms. The zero-order valence-electron chi connectivity index (χ0n) is 19.5. The standard InChI is InChI=1S/C23H39N7O2/c1-2-24-22(26-14-19-32-20-8-5-3-4-6-9-20)25-13-10-21(31)29-15-17-30(18-16-29)23-27-11-7-12-28-23/h7,11-12,20H,2-6,8-10,13-19H2,1H3,(H2,24,25,26). The van der Waals surface area contributed by atoms with Gasteiger partial charge in [-0.1, -0.05) is 25.7 Å². The van der Waals surface area contributed by atoms with Gasteiger partial charge in [0.2, 0.25) is 11.9 Å². The van der Waals surface area contributed by atoms with E-state index in [1.54, 1.807) is 12.4 Å². The Balaban J connectivity index is 1.32. The second-order valence-corrected chi connectivity index (χ2v) is 8.34. The summed E-state index contributed by atoms with van der Waals surface area (Å²) in [6.07, 6.45) is 11.9. The molecule has 0 radical (unpaired) electrons. The summed E-state index contributed by atoms with van der Waals surface area (Å²) in [6.45, 7) is 7.58. The van der Waals surface area contributed by atoms with Crippen molar-refractivity contribution in [2.45, 2.75) is 58.0 Å². The molecule has 178 valence electrons. The third kappa shape index (κ3) is 8.26. The highest BCUT2D eigenvalue weighted by atomic mass is 16.5. The van der Waals surface area contributed by atoms with E-state index in [4.69, 9.17) is 4.74 Å². The van der Waals surface area contributed by atoms with E-state index in [9.17, 15) is 4.79 Å². The summed E-state index contributed by atoms with van der Waals surface area (Å²) in [5.41, 5.74) is 0. The molecular weight excluding hydrogens is 406 g/mol. The topological polar surface area (TPSA) is 95.0 Å². The number of carbonyl (C=O) groups excluding carboxylic acids is 1. The van der Waals surface area contributed by atoms with Crippen LogP contribution in [0.25, 0.3) is 0 Å². The van der Waals surface area contributed by atoms with Crippen LogP contribution in [-0.4, -0.2) is 85.3 Å². The van der Waals surface area contributed by atoms with Crippen LogP contribution in [0.5, 0.6) is 0 Å². The first-order valence-electron chi connectivity index (χ1n) is 12.2. The van der Waals surface area contributed by atoms with Crippen molar-refractivity contribution in [1.29, 1.82) is 0 Å². The van der Waals surface area contributed by atoms with Crippen LogP contribution in [0.4, 0.5) is 5.95 Å². The molecular formula is C23H39N7O2. The average molecular weight is 446 g/mol. The highest BCUT2D eigenvalue weighted by Crippen LogP contribution is 2.19. The van der Waals surface area contributed by atoms with Crippen molar-refractivity contribution in [3.63, 3.8) is 0 Å². The summed E-state index contributed by atoms with van der Waals surface area (Å²) >= 11 is 0. The zero-order valence-corrected chi connectivity index (χ0v) is 19.5. The lowest BCUT2D eigenvalue weighted by Crippen LogP contribution is -2.50. The highest BCUT2D eigenvalue weighted by Gasteiger charge is 2.22. The molecule has 0 bridgehead atoms. The van der Waals surface area contributed by atoms with E-state index in [-0.39, 0.29) is 5.91 Å². The number of amides is 1. The molecule has 2 aliphatic rings. The molecule has 1 aromatic heterocycles. The number of hydrogen-bond donors (Lipinski definition) is 2. The first kappa shape index (κ1) is 24.2. The number of aliphatic imine (C=N–C) groups is 1. The number of ether oxygens (including phenoxy) is 1. The van der Waals surface area contributed by atoms with Crippen molar-refractivity contribution in [2.75, 3.05) is 57.3 Å². The molecule has 0 aromatic carbocycles. The molecule has 9 nitrogen and oxygen atoms in total. The Morgan fingerprint density at radius 3 is 2.50 bits per heavy atom. The van der Waals surface area contributed by atoms with E-state index in [0.717, 1.165) is 31.5 Å². The second kappa shape index (κ2) is 13.9. The molecule has 0 spiro atoms. The molecule has 1 aromatic rings. The Bertz CT molecular complexity index is 685. The van der Waals surface area contributed by atoms with Gasteiger partial charge in [-0.3, -0.25) is 9.79 Å². The van der Waals surface area contributed by atoms with Crippen molar-refractivity contribution in [3.05, 3.63) is 18.5 Å². The van der Waals surface area contributed by atoms with E-state index in [2.05, 4.69) is 30.5 Å². The first-order valence-corrected chi connectivity index (χ1v) is 12.2. The van der Waals surface area contributed by atoms with E-state index >= 15 is 0 Å². The minimum atomic E-state index is 0.165. The van der Waals surface area contributed by atoms with Gasteiger partial charge in [-0.2, -0.15) is 0 Å². The van der Waals surface area contributed by atoms with Gasteiger partial charge in [-0.05, 0) is 25.8 Å². The number of anilines is 1. The number of aromatic nitrogens is 2. The third-order valence-corrected chi connectivity index (χ3v) is 5.96. The van der Waals surface area contributed by atoms with Gasteiger partial charge in [0.25, 0.3) is 0 Å². The maximum atomic E-state index is 12.6. The second-order valence-electron chi connectivity index (χ2n) is 8.34. The Labute approximate surface area is 192 Å². The molecule has 2 N–H and O–H groups in total. The van der Waals surface area contributed by atoms with E-state index in [0.29, 0.717) is 45.3 Å². The van der Waals surface area contributed by atoms with Crippen LogP contribution >= 0.6 is 0 Å². The molecule has 1 aliphatic heterocycles. The number of carbonyl (C=O) groups is 1. The van der Waals surface area contributed by atoms with Crippen LogP contribution < -0.4 is 15.5 Å². The average Bonchev–Trinajstić information content (AvgIpc) is 3.11. The molecule has 0 unspecified atom stereocenters. The molecule has 2 heterocycles. The minimum Gasteiger partial charge on any atom is -0.376 e. The Morgan fingerprint density at radius 1 is 1.09 bits per heavy atom. The van der Waals surface area contributed by atoms with Gasteiger partial charge >= 0.3 is 0 Å². The van der Waals surface area contributed by atoms with Gasteiger partial charge < -0.3 is 25.2 Å². The van der Waals surface area contributed by atoms with E-state index in [1.807, 2.05) is 17.9 Å². The van der Waals surface area contributed by atoms with Crippen LogP contribution in [0.15, 0.2) is 23.5 Å². The van der Waals surface area contributed by atoms with Crippen molar-refractivity contribution in [1.82, 2.24) is 25.5 Å². The number of rotatable bonds is 9. The fourth-order valence-corrected chi connectivity index (χ4v) is 4.18. The summed E-state index contributed by atoms with van der Waals surface area (Å²) in [5, 5.41) is 6.53. The number of guanidine groups is 1. The number of piperazine rings is 1. The smallest absolute Gasteiger partial charge is 0.225 e. The summed E-state index contributed by atoms with van der Waals surface area (Å²) in [4.78, 5) is 29.8. The quantitative estimate of drug-likeness (QED) is 0.259. The largest absolute Gasteiger partial charge is 0.376 e. The minimum absolute atomic E-state index is 0.165. The molecule has 1 saturated carbocycles. The summed E-state index contributed by atoms with van der Waals surface area (Å²) < 4.78 is 6.02. The van der Waals surface area contributed by atoms with Gasteiger partial charge in [-0.25, -0.2) is 9.97 Å². The maximum Gasteiger partial charge on any atom is 0.225 e. The van der Waals surface area contributed by atoms with Gasteiger partial charge in [0.1, 0.15) is 0 Å². The van der Waals surface area contributed by atoms with Crippen molar-refractivity contribution in [2.24, 2.45) is 4.99 Å². The van der Waals surface area contributed by atoms with Crippen LogP contribution in [0.3, 0.4) is 0 Å². The Kier molecular flexibility index (Phi) is 10.5. The van der Waals surface area contributed by atoms with Crippen LogP contribution in [-0.2, 0) is 9.53 Å². The Hall–Kier alpha value is -2.42. The first-order chi connectivity index (χ1) is 15.8.